The van der Waals surface area contributed by atoms with Gasteiger partial charge in [-0.3, -0.25) is 0 Å². The Labute approximate surface area is 125 Å². The predicted molar refractivity (Wildman–Crippen MR) is 76.4 cm³/mol. The summed E-state index contributed by atoms with van der Waals surface area (Å²) >= 11 is 5.59. The van der Waals surface area contributed by atoms with Crippen LogP contribution in [0.1, 0.15) is 31.1 Å². The molecule has 0 aliphatic carbocycles. The smallest absolute Gasteiger partial charge is 0.379 e. The molecule has 0 aliphatic rings. The van der Waals surface area contributed by atoms with E-state index in [1.165, 1.54) is 12.1 Å². The summed E-state index contributed by atoms with van der Waals surface area (Å²) in [6.45, 7) is 4.40. The molecule has 0 saturated heterocycles. The third kappa shape index (κ3) is 3.69. The molecular formula is C14H15ClF3N3. The van der Waals surface area contributed by atoms with Gasteiger partial charge in [0.1, 0.15) is 0 Å². The van der Waals surface area contributed by atoms with Crippen molar-refractivity contribution in [3.8, 4) is 0 Å². The van der Waals surface area contributed by atoms with Crippen LogP contribution in [0.15, 0.2) is 30.7 Å². The van der Waals surface area contributed by atoms with Crippen molar-refractivity contribution in [1.29, 1.82) is 0 Å². The monoisotopic (exact) mass is 317 g/mol. The van der Waals surface area contributed by atoms with Gasteiger partial charge in [0.05, 0.1) is 29.2 Å². The van der Waals surface area contributed by atoms with Crippen molar-refractivity contribution < 1.29 is 13.2 Å². The summed E-state index contributed by atoms with van der Waals surface area (Å²) in [7, 11) is 0. The Hall–Kier alpha value is -1.69. The highest BCUT2D eigenvalue weighted by molar-refractivity contribution is 6.31. The molecular weight excluding hydrogens is 303 g/mol. The van der Waals surface area contributed by atoms with Gasteiger partial charge in [0.15, 0.2) is 0 Å². The second-order valence-corrected chi connectivity index (χ2v) is 5.34. The van der Waals surface area contributed by atoms with E-state index in [9.17, 15) is 13.2 Å². The van der Waals surface area contributed by atoms with Gasteiger partial charge in [0.25, 0.3) is 0 Å². The Morgan fingerprint density at radius 2 is 2.05 bits per heavy atom. The quantitative estimate of drug-likeness (QED) is 0.882. The van der Waals surface area contributed by atoms with E-state index in [-0.39, 0.29) is 11.1 Å². The number of halogens is 4. The van der Waals surface area contributed by atoms with Crippen molar-refractivity contribution in [2.75, 3.05) is 5.32 Å². The van der Waals surface area contributed by atoms with Gasteiger partial charge in [-0.15, -0.1) is 0 Å². The molecule has 0 fully saturated rings. The summed E-state index contributed by atoms with van der Waals surface area (Å²) in [6, 6.07) is 4.01. The first-order valence-electron chi connectivity index (χ1n) is 6.40. The van der Waals surface area contributed by atoms with E-state index in [1.807, 2.05) is 18.4 Å². The average molecular weight is 318 g/mol. The van der Waals surface area contributed by atoms with Crippen molar-refractivity contribution in [2.24, 2.45) is 0 Å². The summed E-state index contributed by atoms with van der Waals surface area (Å²) in [5.41, 5.74) is 0.420. The molecule has 3 nitrogen and oxygen atoms in total. The Morgan fingerprint density at radius 3 is 2.67 bits per heavy atom. The molecule has 0 spiro atoms. The van der Waals surface area contributed by atoms with E-state index >= 15 is 0 Å². The Kier molecular flexibility index (Phi) is 4.46. The number of aromatic nitrogens is 2. The number of nitrogens with one attached hydrogen (secondary N) is 1. The van der Waals surface area contributed by atoms with Gasteiger partial charge < -0.3 is 9.88 Å². The summed E-state index contributed by atoms with van der Waals surface area (Å²) < 4.78 is 40.3. The SMILES string of the molecule is CC(C)n1cncc1CNc1ccc(Cl)c(C(F)(F)F)c1. The van der Waals surface area contributed by atoms with Crippen LogP contribution < -0.4 is 5.32 Å². The number of hydrogen-bond acceptors (Lipinski definition) is 2. The summed E-state index contributed by atoms with van der Waals surface area (Å²) in [5.74, 6) is 0. The molecule has 0 bridgehead atoms. The first-order valence-corrected chi connectivity index (χ1v) is 6.78. The van der Waals surface area contributed by atoms with Crippen molar-refractivity contribution in [2.45, 2.75) is 32.6 Å². The second-order valence-electron chi connectivity index (χ2n) is 4.93. The van der Waals surface area contributed by atoms with E-state index in [4.69, 9.17) is 11.6 Å². The normalized spacial score (nSPS) is 12.0. The topological polar surface area (TPSA) is 29.9 Å². The van der Waals surface area contributed by atoms with Crippen LogP contribution in [-0.2, 0) is 12.7 Å². The van der Waals surface area contributed by atoms with Gasteiger partial charge in [-0.25, -0.2) is 4.98 Å². The number of nitrogens with zero attached hydrogens (tertiary/aromatic N) is 2. The van der Waals surface area contributed by atoms with Crippen molar-refractivity contribution in [3.05, 3.63) is 47.0 Å². The van der Waals surface area contributed by atoms with Crippen LogP contribution >= 0.6 is 11.6 Å². The fraction of sp³-hybridized carbons (Fsp3) is 0.357. The zero-order chi connectivity index (χ0) is 15.6. The lowest BCUT2D eigenvalue weighted by molar-refractivity contribution is -0.137. The summed E-state index contributed by atoms with van der Waals surface area (Å²) in [6.07, 6.45) is -1.08. The van der Waals surface area contributed by atoms with Gasteiger partial charge >= 0.3 is 6.18 Å². The molecule has 0 unspecified atom stereocenters. The minimum absolute atomic E-state index is 0.236. The zero-order valence-corrected chi connectivity index (χ0v) is 12.3. The van der Waals surface area contributed by atoms with Crippen molar-refractivity contribution >= 4 is 17.3 Å². The molecule has 0 aliphatic heterocycles. The Balaban J connectivity index is 2.16. The van der Waals surface area contributed by atoms with Gasteiger partial charge in [-0.1, -0.05) is 11.6 Å². The van der Waals surface area contributed by atoms with Crippen LogP contribution in [0.3, 0.4) is 0 Å². The highest BCUT2D eigenvalue weighted by Crippen LogP contribution is 2.36. The first-order chi connectivity index (χ1) is 9.79. The molecule has 2 rings (SSSR count). The third-order valence-electron chi connectivity index (χ3n) is 3.05. The lowest BCUT2D eigenvalue weighted by atomic mass is 10.2. The predicted octanol–water partition coefficient (Wildman–Crippen LogP) is 4.75. The second kappa shape index (κ2) is 5.97. The van der Waals surface area contributed by atoms with Crippen LogP contribution in [0.25, 0.3) is 0 Å². The van der Waals surface area contributed by atoms with Crippen LogP contribution in [0.4, 0.5) is 18.9 Å². The van der Waals surface area contributed by atoms with Gasteiger partial charge in [0.2, 0.25) is 0 Å². The third-order valence-corrected chi connectivity index (χ3v) is 3.38. The van der Waals surface area contributed by atoms with Gasteiger partial charge in [0, 0.05) is 17.9 Å². The molecule has 0 saturated carbocycles. The van der Waals surface area contributed by atoms with Gasteiger partial charge in [-0.2, -0.15) is 13.2 Å². The fourth-order valence-corrected chi connectivity index (χ4v) is 2.20. The molecule has 2 aromatic rings. The minimum Gasteiger partial charge on any atom is -0.379 e. The van der Waals surface area contributed by atoms with E-state index in [0.717, 1.165) is 11.8 Å². The fourth-order valence-electron chi connectivity index (χ4n) is 1.98. The number of hydrogen-bond donors (Lipinski definition) is 1. The molecule has 7 heteroatoms. The van der Waals surface area contributed by atoms with Gasteiger partial charge in [-0.05, 0) is 32.0 Å². The molecule has 1 aromatic carbocycles. The van der Waals surface area contributed by atoms with E-state index < -0.39 is 11.7 Å². The number of imidazole rings is 1. The number of rotatable bonds is 4. The molecule has 21 heavy (non-hydrogen) atoms. The Morgan fingerprint density at radius 1 is 1.33 bits per heavy atom. The highest BCUT2D eigenvalue weighted by Gasteiger charge is 2.33. The van der Waals surface area contributed by atoms with E-state index in [1.54, 1.807) is 12.5 Å². The lowest BCUT2D eigenvalue weighted by Crippen LogP contribution is -2.10. The van der Waals surface area contributed by atoms with E-state index in [2.05, 4.69) is 10.3 Å². The lowest BCUT2D eigenvalue weighted by Gasteiger charge is -2.14. The highest BCUT2D eigenvalue weighted by atomic mass is 35.5. The molecule has 0 amide bonds. The maximum Gasteiger partial charge on any atom is 0.417 e. The van der Waals surface area contributed by atoms with E-state index in [0.29, 0.717) is 12.2 Å². The average Bonchev–Trinajstić information content (AvgIpc) is 2.85. The van der Waals surface area contributed by atoms with Crippen LogP contribution in [0, 0.1) is 0 Å². The molecule has 0 atom stereocenters. The molecule has 0 radical (unpaired) electrons. The number of anilines is 1. The minimum atomic E-state index is -4.46. The summed E-state index contributed by atoms with van der Waals surface area (Å²) in [4.78, 5) is 4.05. The maximum atomic E-state index is 12.8. The molecule has 1 aromatic heterocycles. The van der Waals surface area contributed by atoms with Crippen molar-refractivity contribution in [3.63, 3.8) is 0 Å². The number of alkyl halides is 3. The van der Waals surface area contributed by atoms with Crippen molar-refractivity contribution in [1.82, 2.24) is 9.55 Å². The zero-order valence-electron chi connectivity index (χ0n) is 11.6. The maximum absolute atomic E-state index is 12.8. The van der Waals surface area contributed by atoms with Crippen LogP contribution in [0.5, 0.6) is 0 Å². The molecule has 1 heterocycles. The standard InChI is InChI=1S/C14H15ClF3N3/c1-9(2)21-8-19-6-11(21)7-20-10-3-4-13(15)12(5-10)14(16,17)18/h3-6,8-9,20H,7H2,1-2H3. The first kappa shape index (κ1) is 15.7. The molecule has 114 valence electrons. The van der Waals surface area contributed by atoms with Crippen LogP contribution in [0.2, 0.25) is 5.02 Å². The summed E-state index contributed by atoms with van der Waals surface area (Å²) in [5, 5.41) is 2.66. The van der Waals surface area contributed by atoms with Crippen LogP contribution in [-0.4, -0.2) is 9.55 Å². The largest absolute Gasteiger partial charge is 0.417 e. The molecule has 1 N–H and O–H groups in total. The Bertz CT molecular complexity index is 620. The number of benzene rings is 1.